The fourth-order valence-electron chi connectivity index (χ4n) is 3.97. The lowest BCUT2D eigenvalue weighted by molar-refractivity contribution is -0.0488. The number of hydrogen-bond donors (Lipinski definition) is 3. The van der Waals surface area contributed by atoms with Gasteiger partial charge in [-0.1, -0.05) is 0 Å². The summed E-state index contributed by atoms with van der Waals surface area (Å²) in [5.74, 6) is -3.35. The van der Waals surface area contributed by atoms with E-state index in [4.69, 9.17) is 10.5 Å². The highest BCUT2D eigenvalue weighted by Gasteiger charge is 2.35. The molecule has 1 unspecified atom stereocenters. The van der Waals surface area contributed by atoms with E-state index in [9.17, 15) is 27.9 Å². The predicted molar refractivity (Wildman–Crippen MR) is 104 cm³/mol. The fraction of sp³-hybridized carbons (Fsp3) is 0.474. The number of ether oxygens (including phenoxy) is 1. The van der Waals surface area contributed by atoms with Gasteiger partial charge in [0.1, 0.15) is 17.9 Å². The van der Waals surface area contributed by atoms with Crippen LogP contribution in [0.2, 0.25) is 0 Å². The van der Waals surface area contributed by atoms with Crippen LogP contribution in [0.4, 0.5) is 28.9 Å². The van der Waals surface area contributed by atoms with E-state index < -0.39 is 64.6 Å². The summed E-state index contributed by atoms with van der Waals surface area (Å²) in [7, 11) is 0. The number of anilines is 2. The number of carboxylic acid groups (broad SMARTS) is 1. The third kappa shape index (κ3) is 3.64. The Hall–Kier alpha value is -3.02. The second kappa shape index (κ2) is 7.91. The van der Waals surface area contributed by atoms with Gasteiger partial charge < -0.3 is 30.4 Å². The maximum atomic E-state index is 15.4. The van der Waals surface area contributed by atoms with Crippen LogP contribution in [-0.2, 0) is 0 Å². The normalized spacial score (nSPS) is 19.3. The molecular weight excluding hydrogens is 424 g/mol. The molecule has 1 atom stereocenters. The molecule has 1 aromatic heterocycles. The van der Waals surface area contributed by atoms with Gasteiger partial charge in [-0.15, -0.1) is 0 Å². The van der Waals surface area contributed by atoms with Crippen LogP contribution in [0.15, 0.2) is 11.0 Å². The maximum absolute atomic E-state index is 15.4. The molecule has 4 N–H and O–H groups in total. The number of nitrogens with zero attached hydrogens (tertiary/aromatic N) is 2. The standard InChI is InChI=1S/C19H20F4N4O4/c20-5-8-6-26(4-3-25-8)15-12(21)13(24)11-14(17(15)31-19(22)23)27(9-1-2-9)7-10(16(11)28)18(29)30/h7-9,19,25H,1-6,24H2,(H,29,30). The number of aromatic nitrogens is 1. The molecule has 0 radical (unpaired) electrons. The number of rotatable bonds is 6. The molecule has 0 spiro atoms. The van der Waals surface area contributed by atoms with Crippen molar-refractivity contribution in [2.45, 2.75) is 31.5 Å². The zero-order chi connectivity index (χ0) is 22.4. The fourth-order valence-corrected chi connectivity index (χ4v) is 3.97. The lowest BCUT2D eigenvalue weighted by atomic mass is 10.0. The second-order valence-electron chi connectivity index (χ2n) is 7.57. The molecule has 168 valence electrons. The van der Waals surface area contributed by atoms with E-state index in [2.05, 4.69) is 5.32 Å². The first-order valence-corrected chi connectivity index (χ1v) is 9.66. The van der Waals surface area contributed by atoms with Gasteiger partial charge in [-0.2, -0.15) is 8.78 Å². The molecule has 1 saturated carbocycles. The number of nitrogen functional groups attached to an aromatic ring is 1. The summed E-state index contributed by atoms with van der Waals surface area (Å²) in [6.07, 6.45) is 2.26. The Balaban J connectivity index is 2.08. The van der Waals surface area contributed by atoms with Gasteiger partial charge in [-0.3, -0.25) is 4.79 Å². The van der Waals surface area contributed by atoms with E-state index >= 15 is 4.39 Å². The van der Waals surface area contributed by atoms with Gasteiger partial charge in [0.05, 0.1) is 22.6 Å². The lowest BCUT2D eigenvalue weighted by Gasteiger charge is -2.35. The summed E-state index contributed by atoms with van der Waals surface area (Å²) >= 11 is 0. The van der Waals surface area contributed by atoms with Crippen LogP contribution in [0, 0.1) is 5.82 Å². The Labute approximate surface area is 173 Å². The minimum atomic E-state index is -3.35. The predicted octanol–water partition coefficient (Wildman–Crippen LogP) is 2.10. The molecular formula is C19H20F4N4O4. The van der Waals surface area contributed by atoms with E-state index in [-0.39, 0.29) is 31.2 Å². The number of benzene rings is 1. The lowest BCUT2D eigenvalue weighted by Crippen LogP contribution is -2.52. The average molecular weight is 444 g/mol. The van der Waals surface area contributed by atoms with Crippen molar-refractivity contribution in [2.24, 2.45) is 0 Å². The molecule has 2 heterocycles. The summed E-state index contributed by atoms with van der Waals surface area (Å²) < 4.78 is 61.4. The van der Waals surface area contributed by atoms with Crippen molar-refractivity contribution in [3.63, 3.8) is 0 Å². The smallest absolute Gasteiger partial charge is 0.387 e. The summed E-state index contributed by atoms with van der Waals surface area (Å²) in [5.41, 5.74) is 2.91. The molecule has 1 aliphatic carbocycles. The van der Waals surface area contributed by atoms with Crippen LogP contribution in [0.25, 0.3) is 10.9 Å². The summed E-state index contributed by atoms with van der Waals surface area (Å²) in [6, 6.07) is -0.940. The number of nitrogens with one attached hydrogen (secondary N) is 1. The number of nitrogens with two attached hydrogens (primary N) is 1. The first-order valence-electron chi connectivity index (χ1n) is 9.66. The van der Waals surface area contributed by atoms with Gasteiger partial charge in [0.15, 0.2) is 11.6 Å². The van der Waals surface area contributed by atoms with Crippen LogP contribution in [0.3, 0.4) is 0 Å². The Kier molecular flexibility index (Phi) is 5.42. The summed E-state index contributed by atoms with van der Waals surface area (Å²) in [4.78, 5) is 25.7. The van der Waals surface area contributed by atoms with Gasteiger partial charge in [-0.25, -0.2) is 13.6 Å². The van der Waals surface area contributed by atoms with E-state index in [1.54, 1.807) is 0 Å². The Morgan fingerprint density at radius 3 is 2.68 bits per heavy atom. The minimum Gasteiger partial charge on any atom is -0.477 e. The van der Waals surface area contributed by atoms with Crippen molar-refractivity contribution >= 4 is 28.2 Å². The number of alkyl halides is 3. The Morgan fingerprint density at radius 2 is 2.10 bits per heavy atom. The number of hydrogen-bond acceptors (Lipinski definition) is 6. The Morgan fingerprint density at radius 1 is 1.39 bits per heavy atom. The van der Waals surface area contributed by atoms with Crippen molar-refractivity contribution < 1.29 is 32.2 Å². The molecule has 8 nitrogen and oxygen atoms in total. The third-order valence-electron chi connectivity index (χ3n) is 5.51. The number of fused-ring (bicyclic) bond motifs is 1. The van der Waals surface area contributed by atoms with E-state index in [1.807, 2.05) is 0 Å². The molecule has 2 fully saturated rings. The molecule has 1 saturated heterocycles. The third-order valence-corrected chi connectivity index (χ3v) is 5.51. The van der Waals surface area contributed by atoms with Crippen molar-refractivity contribution in [2.75, 3.05) is 36.9 Å². The molecule has 2 aliphatic rings. The minimum absolute atomic E-state index is 0.0428. The first-order chi connectivity index (χ1) is 14.7. The molecule has 0 amide bonds. The van der Waals surface area contributed by atoms with Crippen LogP contribution in [-0.4, -0.2) is 54.6 Å². The SMILES string of the molecule is Nc1c(F)c(N2CCNC(CF)C2)c(OC(F)F)c2c1c(=O)c(C(=O)O)cn2C1CC1. The molecule has 4 rings (SSSR count). The van der Waals surface area contributed by atoms with Gasteiger partial charge >= 0.3 is 12.6 Å². The number of carbonyl (C=O) groups is 1. The molecule has 2 aromatic rings. The first kappa shape index (κ1) is 21.2. The van der Waals surface area contributed by atoms with Gasteiger partial charge in [0.25, 0.3) is 0 Å². The van der Waals surface area contributed by atoms with Crippen molar-refractivity contribution in [3.05, 3.63) is 27.8 Å². The summed E-state index contributed by atoms with van der Waals surface area (Å²) in [6.45, 7) is -3.75. The van der Waals surface area contributed by atoms with Gasteiger partial charge in [0, 0.05) is 31.9 Å². The zero-order valence-corrected chi connectivity index (χ0v) is 16.2. The Bertz CT molecular complexity index is 1100. The number of pyridine rings is 1. The second-order valence-corrected chi connectivity index (χ2v) is 7.57. The average Bonchev–Trinajstić information content (AvgIpc) is 3.56. The number of piperazine rings is 1. The highest BCUT2D eigenvalue weighted by Crippen LogP contribution is 2.46. The molecule has 12 heteroatoms. The van der Waals surface area contributed by atoms with Crippen LogP contribution in [0.5, 0.6) is 5.75 Å². The van der Waals surface area contributed by atoms with Crippen LogP contribution >= 0.6 is 0 Å². The van der Waals surface area contributed by atoms with Gasteiger partial charge in [-0.05, 0) is 12.8 Å². The molecule has 31 heavy (non-hydrogen) atoms. The van der Waals surface area contributed by atoms with Crippen molar-refractivity contribution in [3.8, 4) is 5.75 Å². The van der Waals surface area contributed by atoms with E-state index in [0.717, 1.165) is 6.20 Å². The highest BCUT2D eigenvalue weighted by molar-refractivity contribution is 6.03. The van der Waals surface area contributed by atoms with E-state index in [1.165, 1.54) is 9.47 Å². The molecule has 1 aliphatic heterocycles. The largest absolute Gasteiger partial charge is 0.477 e. The number of aromatic carboxylic acids is 1. The van der Waals surface area contributed by atoms with E-state index in [0.29, 0.717) is 12.8 Å². The summed E-state index contributed by atoms with van der Waals surface area (Å²) in [5, 5.41) is 11.8. The highest BCUT2D eigenvalue weighted by atomic mass is 19.3. The molecule has 1 aromatic carbocycles. The van der Waals surface area contributed by atoms with Crippen LogP contribution in [0.1, 0.15) is 29.2 Å². The van der Waals surface area contributed by atoms with Crippen molar-refractivity contribution in [1.29, 1.82) is 0 Å². The monoisotopic (exact) mass is 444 g/mol. The molecule has 0 bridgehead atoms. The topological polar surface area (TPSA) is 110 Å². The van der Waals surface area contributed by atoms with Crippen molar-refractivity contribution in [1.82, 2.24) is 9.88 Å². The maximum Gasteiger partial charge on any atom is 0.387 e. The van der Waals surface area contributed by atoms with Crippen LogP contribution < -0.4 is 26.1 Å². The zero-order valence-electron chi connectivity index (χ0n) is 16.2. The quantitative estimate of drug-likeness (QED) is 0.462. The number of carboxylic acids is 1. The number of halogens is 4. The van der Waals surface area contributed by atoms with Gasteiger partial charge in [0.2, 0.25) is 5.43 Å².